The Bertz CT molecular complexity index is 422. The molecule has 2 aromatic rings. The zero-order chi connectivity index (χ0) is 12.1. The second-order valence-corrected chi connectivity index (χ2v) is 4.04. The Kier molecular flexibility index (Phi) is 3.83. The third-order valence-corrected chi connectivity index (χ3v) is 2.55. The monoisotopic (exact) mass is 248 g/mol. The fourth-order valence-corrected chi connectivity index (χ4v) is 1.52. The van der Waals surface area contributed by atoms with Crippen LogP contribution in [0.5, 0.6) is 5.75 Å². The van der Waals surface area contributed by atoms with Gasteiger partial charge in [-0.25, -0.2) is 4.98 Å². The summed E-state index contributed by atoms with van der Waals surface area (Å²) < 4.78 is 5.58. The number of benzene rings is 1. The molecule has 88 valence electrons. The van der Waals surface area contributed by atoms with Crippen LogP contribution in [0, 0.1) is 0 Å². The van der Waals surface area contributed by atoms with E-state index < -0.39 is 0 Å². The number of nitrogens with two attached hydrogens (primary N) is 1. The van der Waals surface area contributed by atoms with Crippen LogP contribution in [0.2, 0.25) is 5.15 Å². The number of pyridine rings is 1. The van der Waals surface area contributed by atoms with Crippen LogP contribution in [0.25, 0.3) is 0 Å². The molecule has 0 atom stereocenters. The minimum absolute atomic E-state index is 0.508. The second kappa shape index (κ2) is 5.55. The lowest BCUT2D eigenvalue weighted by molar-refractivity contribution is 0.322. The molecule has 17 heavy (non-hydrogen) atoms. The minimum atomic E-state index is 0.508. The molecule has 0 spiro atoms. The molecule has 0 fully saturated rings. The van der Waals surface area contributed by atoms with Gasteiger partial charge in [-0.2, -0.15) is 0 Å². The normalized spacial score (nSPS) is 10.2. The number of rotatable bonds is 4. The Morgan fingerprint density at radius 1 is 1.12 bits per heavy atom. The first-order valence-electron chi connectivity index (χ1n) is 5.33. The highest BCUT2D eigenvalue weighted by molar-refractivity contribution is 6.29. The fraction of sp³-hybridized carbons (Fsp3) is 0.154. The van der Waals surface area contributed by atoms with Crippen molar-refractivity contribution in [1.82, 2.24) is 4.98 Å². The van der Waals surface area contributed by atoms with E-state index in [1.807, 2.05) is 30.3 Å². The molecule has 4 heteroatoms. The van der Waals surface area contributed by atoms with Crippen molar-refractivity contribution >= 4 is 17.3 Å². The van der Waals surface area contributed by atoms with Crippen molar-refractivity contribution in [2.45, 2.75) is 6.42 Å². The Morgan fingerprint density at radius 3 is 2.53 bits per heavy atom. The van der Waals surface area contributed by atoms with Gasteiger partial charge >= 0.3 is 0 Å². The number of hydrogen-bond acceptors (Lipinski definition) is 3. The van der Waals surface area contributed by atoms with Gasteiger partial charge in [0.15, 0.2) is 0 Å². The van der Waals surface area contributed by atoms with Crippen LogP contribution in [0.3, 0.4) is 0 Å². The zero-order valence-electron chi connectivity index (χ0n) is 9.27. The molecular weight excluding hydrogens is 236 g/mol. The van der Waals surface area contributed by atoms with Gasteiger partial charge in [-0.1, -0.05) is 17.7 Å². The van der Waals surface area contributed by atoms with E-state index in [1.54, 1.807) is 12.3 Å². The minimum Gasteiger partial charge on any atom is -0.493 e. The Hall–Kier alpha value is -1.74. The van der Waals surface area contributed by atoms with Crippen LogP contribution in [0.1, 0.15) is 5.56 Å². The Morgan fingerprint density at radius 2 is 1.88 bits per heavy atom. The lowest BCUT2D eigenvalue weighted by Gasteiger charge is -2.06. The summed E-state index contributed by atoms with van der Waals surface area (Å²) in [7, 11) is 0. The van der Waals surface area contributed by atoms with Crippen molar-refractivity contribution in [2.24, 2.45) is 0 Å². The van der Waals surface area contributed by atoms with E-state index in [1.165, 1.54) is 0 Å². The number of halogens is 1. The maximum atomic E-state index is 5.70. The molecule has 0 bridgehead atoms. The third-order valence-electron chi connectivity index (χ3n) is 2.33. The van der Waals surface area contributed by atoms with Crippen LogP contribution in [0.15, 0.2) is 42.6 Å². The average Bonchev–Trinajstić information content (AvgIpc) is 2.34. The SMILES string of the molecule is Nc1ccc(OCCc2ccc(Cl)nc2)cc1. The Balaban J connectivity index is 1.83. The van der Waals surface area contributed by atoms with Crippen molar-refractivity contribution in [3.05, 3.63) is 53.3 Å². The van der Waals surface area contributed by atoms with E-state index >= 15 is 0 Å². The molecular formula is C13H13ClN2O. The predicted octanol–water partition coefficient (Wildman–Crippen LogP) is 2.94. The summed E-state index contributed by atoms with van der Waals surface area (Å²) in [5.74, 6) is 0.820. The third kappa shape index (κ3) is 3.64. The molecule has 2 N–H and O–H groups in total. The Labute approximate surface area is 105 Å². The number of ether oxygens (including phenoxy) is 1. The van der Waals surface area contributed by atoms with Gasteiger partial charge < -0.3 is 10.5 Å². The van der Waals surface area contributed by atoms with Crippen LogP contribution in [-0.4, -0.2) is 11.6 Å². The molecule has 0 saturated carbocycles. The van der Waals surface area contributed by atoms with Gasteiger partial charge in [0, 0.05) is 18.3 Å². The number of aromatic nitrogens is 1. The number of hydrogen-bond donors (Lipinski definition) is 1. The van der Waals surface area contributed by atoms with E-state index in [4.69, 9.17) is 22.1 Å². The summed E-state index contributed by atoms with van der Waals surface area (Å²) in [6.07, 6.45) is 2.56. The van der Waals surface area contributed by atoms with Crippen LogP contribution in [-0.2, 0) is 6.42 Å². The molecule has 0 unspecified atom stereocenters. The summed E-state index contributed by atoms with van der Waals surface area (Å²) in [5.41, 5.74) is 7.42. The smallest absolute Gasteiger partial charge is 0.129 e. The van der Waals surface area contributed by atoms with Crippen molar-refractivity contribution in [3.63, 3.8) is 0 Å². The molecule has 0 saturated heterocycles. The highest BCUT2D eigenvalue weighted by Gasteiger charge is 1.96. The van der Waals surface area contributed by atoms with Crippen LogP contribution < -0.4 is 10.5 Å². The molecule has 0 amide bonds. The summed E-state index contributed by atoms with van der Waals surface area (Å²) >= 11 is 5.70. The molecule has 0 aliphatic heterocycles. The van der Waals surface area contributed by atoms with Gasteiger partial charge in [-0.05, 0) is 35.9 Å². The maximum Gasteiger partial charge on any atom is 0.129 e. The highest BCUT2D eigenvalue weighted by atomic mass is 35.5. The lowest BCUT2D eigenvalue weighted by atomic mass is 10.2. The van der Waals surface area contributed by atoms with Gasteiger partial charge in [0.2, 0.25) is 0 Å². The average molecular weight is 249 g/mol. The standard InChI is InChI=1S/C13H13ClN2O/c14-13-6-1-10(9-16-13)7-8-17-12-4-2-11(15)3-5-12/h1-6,9H,7-8,15H2. The largest absolute Gasteiger partial charge is 0.493 e. The van der Waals surface area contributed by atoms with E-state index in [-0.39, 0.29) is 0 Å². The topological polar surface area (TPSA) is 48.1 Å². The van der Waals surface area contributed by atoms with E-state index in [2.05, 4.69) is 4.98 Å². The van der Waals surface area contributed by atoms with Crippen LogP contribution >= 0.6 is 11.6 Å². The van der Waals surface area contributed by atoms with E-state index in [0.717, 1.165) is 23.4 Å². The summed E-state index contributed by atoms with van der Waals surface area (Å²) in [4.78, 5) is 4.01. The molecule has 1 aromatic heterocycles. The molecule has 3 nitrogen and oxygen atoms in total. The molecule has 1 aromatic carbocycles. The van der Waals surface area contributed by atoms with Crippen LogP contribution in [0.4, 0.5) is 5.69 Å². The van der Waals surface area contributed by atoms with Gasteiger partial charge in [0.1, 0.15) is 10.9 Å². The van der Waals surface area contributed by atoms with Gasteiger partial charge in [0.05, 0.1) is 6.61 Å². The van der Waals surface area contributed by atoms with Gasteiger partial charge in [-0.15, -0.1) is 0 Å². The first kappa shape index (κ1) is 11.7. The van der Waals surface area contributed by atoms with E-state index in [0.29, 0.717) is 11.8 Å². The first-order chi connectivity index (χ1) is 8.24. The quantitative estimate of drug-likeness (QED) is 0.669. The summed E-state index contributed by atoms with van der Waals surface area (Å²) in [6.45, 7) is 0.604. The molecule has 0 aliphatic carbocycles. The lowest BCUT2D eigenvalue weighted by Crippen LogP contribution is -2.01. The number of nitrogens with zero attached hydrogens (tertiary/aromatic N) is 1. The molecule has 1 heterocycles. The first-order valence-corrected chi connectivity index (χ1v) is 5.70. The molecule has 2 rings (SSSR count). The highest BCUT2D eigenvalue weighted by Crippen LogP contribution is 2.13. The maximum absolute atomic E-state index is 5.70. The molecule has 0 aliphatic rings. The zero-order valence-corrected chi connectivity index (χ0v) is 10.0. The number of anilines is 1. The molecule has 0 radical (unpaired) electrons. The summed E-state index contributed by atoms with van der Waals surface area (Å²) in [6, 6.07) is 11.1. The number of nitrogen functional groups attached to an aromatic ring is 1. The second-order valence-electron chi connectivity index (χ2n) is 3.66. The summed E-state index contributed by atoms with van der Waals surface area (Å²) in [5, 5.41) is 0.508. The van der Waals surface area contributed by atoms with Crippen molar-refractivity contribution < 1.29 is 4.74 Å². The van der Waals surface area contributed by atoms with Crippen molar-refractivity contribution in [3.8, 4) is 5.75 Å². The van der Waals surface area contributed by atoms with Gasteiger partial charge in [-0.3, -0.25) is 0 Å². The van der Waals surface area contributed by atoms with Crippen molar-refractivity contribution in [2.75, 3.05) is 12.3 Å². The van der Waals surface area contributed by atoms with Gasteiger partial charge in [0.25, 0.3) is 0 Å². The van der Waals surface area contributed by atoms with E-state index in [9.17, 15) is 0 Å². The van der Waals surface area contributed by atoms with Crippen molar-refractivity contribution in [1.29, 1.82) is 0 Å². The predicted molar refractivity (Wildman–Crippen MR) is 69.3 cm³/mol. The fourth-order valence-electron chi connectivity index (χ4n) is 1.41.